The Balaban J connectivity index is 1.90. The predicted molar refractivity (Wildman–Crippen MR) is 100 cm³/mol. The molecule has 0 heterocycles. The second-order valence-electron chi connectivity index (χ2n) is 5.93. The second-order valence-corrected chi connectivity index (χ2v) is 5.93. The van der Waals surface area contributed by atoms with E-state index in [0.717, 1.165) is 23.3 Å². The minimum Gasteiger partial charge on any atom is -0.507 e. The fourth-order valence-electron chi connectivity index (χ4n) is 2.53. The normalized spacial score (nSPS) is 11.8. The molecule has 0 spiro atoms. The number of phenolic OH excluding ortho intramolecular Hbond substituents is 1. The third-order valence-corrected chi connectivity index (χ3v) is 4.03. The van der Waals surface area contributed by atoms with Crippen molar-refractivity contribution in [2.45, 2.75) is 26.4 Å². The molecule has 0 bridgehead atoms. The van der Waals surface area contributed by atoms with E-state index in [1.807, 2.05) is 67.6 Å². The van der Waals surface area contributed by atoms with Crippen LogP contribution in [0.2, 0.25) is 0 Å². The van der Waals surface area contributed by atoms with Crippen LogP contribution in [-0.4, -0.2) is 11.2 Å². The Labute approximate surface area is 148 Å². The lowest BCUT2D eigenvalue weighted by atomic mass is 10.0. The number of ether oxygens (including phenoxy) is 2. The molecule has 0 aliphatic rings. The highest BCUT2D eigenvalue weighted by atomic mass is 16.5. The quantitative estimate of drug-likeness (QED) is 0.598. The van der Waals surface area contributed by atoms with Crippen LogP contribution in [0, 0.1) is 0 Å². The summed E-state index contributed by atoms with van der Waals surface area (Å²) in [6.45, 7) is 4.13. The molecule has 3 aromatic carbocycles. The summed E-state index contributed by atoms with van der Waals surface area (Å²) in [5, 5.41) is 10.1. The van der Waals surface area contributed by atoms with Gasteiger partial charge >= 0.3 is 0 Å². The van der Waals surface area contributed by atoms with Gasteiger partial charge in [-0.15, -0.1) is 0 Å². The van der Waals surface area contributed by atoms with Crippen LogP contribution >= 0.6 is 0 Å². The van der Waals surface area contributed by atoms with Crippen LogP contribution in [0.15, 0.2) is 72.8 Å². The molecule has 0 amide bonds. The third-order valence-electron chi connectivity index (χ3n) is 4.03. The Morgan fingerprint density at radius 3 is 2.28 bits per heavy atom. The number of phenols is 1. The van der Waals surface area contributed by atoms with Gasteiger partial charge in [0, 0.05) is 17.2 Å². The highest BCUT2D eigenvalue weighted by Gasteiger charge is 2.11. The van der Waals surface area contributed by atoms with Gasteiger partial charge in [-0.05, 0) is 37.6 Å². The smallest absolute Gasteiger partial charge is 0.135 e. The molecular formula is C22H22O3. The molecule has 0 aliphatic carbocycles. The summed E-state index contributed by atoms with van der Waals surface area (Å²) in [6, 6.07) is 22.5. The van der Waals surface area contributed by atoms with E-state index in [9.17, 15) is 5.11 Å². The lowest BCUT2D eigenvalue weighted by molar-refractivity contribution is 0.217. The van der Waals surface area contributed by atoms with Crippen LogP contribution in [0.5, 0.6) is 23.0 Å². The minimum atomic E-state index is 0.156. The lowest BCUT2D eigenvalue weighted by Crippen LogP contribution is -2.09. The molecular weight excluding hydrogens is 312 g/mol. The first-order chi connectivity index (χ1) is 12.2. The molecule has 1 N–H and O–H groups in total. The van der Waals surface area contributed by atoms with Crippen molar-refractivity contribution in [3.63, 3.8) is 0 Å². The average Bonchev–Trinajstić information content (AvgIpc) is 2.63. The van der Waals surface area contributed by atoms with E-state index < -0.39 is 0 Å². The second kappa shape index (κ2) is 7.75. The van der Waals surface area contributed by atoms with Crippen LogP contribution in [-0.2, 0) is 0 Å². The van der Waals surface area contributed by atoms with Crippen molar-refractivity contribution in [1.29, 1.82) is 0 Å². The maximum atomic E-state index is 10.1. The molecule has 3 aromatic rings. The Morgan fingerprint density at radius 2 is 1.52 bits per heavy atom. The molecule has 3 rings (SSSR count). The van der Waals surface area contributed by atoms with E-state index in [4.69, 9.17) is 9.47 Å². The number of aromatic hydroxyl groups is 1. The summed E-state index contributed by atoms with van der Waals surface area (Å²) in [5.74, 6) is 2.40. The molecule has 0 fully saturated rings. The maximum Gasteiger partial charge on any atom is 0.135 e. The zero-order chi connectivity index (χ0) is 17.6. The van der Waals surface area contributed by atoms with Gasteiger partial charge in [-0.2, -0.15) is 0 Å². The number of hydrogen-bond donors (Lipinski definition) is 1. The summed E-state index contributed by atoms with van der Waals surface area (Å²) in [7, 11) is 0. The van der Waals surface area contributed by atoms with Gasteiger partial charge in [0.2, 0.25) is 0 Å². The van der Waals surface area contributed by atoms with E-state index in [-0.39, 0.29) is 11.9 Å². The molecule has 0 aromatic heterocycles. The lowest BCUT2D eigenvalue weighted by Gasteiger charge is -2.15. The van der Waals surface area contributed by atoms with Gasteiger partial charge in [-0.1, -0.05) is 49.4 Å². The van der Waals surface area contributed by atoms with Crippen molar-refractivity contribution in [2.75, 3.05) is 0 Å². The maximum absolute atomic E-state index is 10.1. The Hall–Kier alpha value is -2.94. The van der Waals surface area contributed by atoms with Gasteiger partial charge in [0.1, 0.15) is 23.0 Å². The molecule has 3 nitrogen and oxygen atoms in total. The summed E-state index contributed by atoms with van der Waals surface area (Å²) in [5.41, 5.74) is 1.58. The molecule has 25 heavy (non-hydrogen) atoms. The van der Waals surface area contributed by atoms with Crippen molar-refractivity contribution in [3.05, 3.63) is 72.8 Å². The van der Waals surface area contributed by atoms with E-state index in [0.29, 0.717) is 11.5 Å². The Kier molecular flexibility index (Phi) is 5.24. The van der Waals surface area contributed by atoms with E-state index >= 15 is 0 Å². The summed E-state index contributed by atoms with van der Waals surface area (Å²) >= 11 is 0. The molecule has 1 unspecified atom stereocenters. The molecule has 1 atom stereocenters. The first-order valence-corrected chi connectivity index (χ1v) is 8.49. The first-order valence-electron chi connectivity index (χ1n) is 8.49. The number of benzene rings is 3. The third kappa shape index (κ3) is 4.13. The zero-order valence-corrected chi connectivity index (χ0v) is 14.5. The SMILES string of the molecule is CCC(C)Oc1cccc(Oc2ccccc2-c2ccccc2O)c1. The van der Waals surface area contributed by atoms with Gasteiger partial charge in [0.25, 0.3) is 0 Å². The number of para-hydroxylation sites is 2. The van der Waals surface area contributed by atoms with Crippen molar-refractivity contribution >= 4 is 0 Å². The van der Waals surface area contributed by atoms with E-state index in [1.165, 1.54) is 0 Å². The van der Waals surface area contributed by atoms with Crippen LogP contribution in [0.25, 0.3) is 11.1 Å². The van der Waals surface area contributed by atoms with Gasteiger partial charge < -0.3 is 14.6 Å². The summed E-state index contributed by atoms with van der Waals surface area (Å²) in [6.07, 6.45) is 1.10. The largest absolute Gasteiger partial charge is 0.507 e. The van der Waals surface area contributed by atoms with Gasteiger partial charge in [0.15, 0.2) is 0 Å². The standard InChI is InChI=1S/C22H22O3/c1-3-16(2)24-17-9-8-10-18(15-17)25-22-14-7-5-12-20(22)19-11-4-6-13-21(19)23/h4-16,23H,3H2,1-2H3. The van der Waals surface area contributed by atoms with Crippen molar-refractivity contribution in [1.82, 2.24) is 0 Å². The monoisotopic (exact) mass is 334 g/mol. The molecule has 0 aliphatic heterocycles. The number of hydrogen-bond acceptors (Lipinski definition) is 3. The summed E-state index contributed by atoms with van der Waals surface area (Å²) < 4.78 is 11.9. The molecule has 0 radical (unpaired) electrons. The van der Waals surface area contributed by atoms with Crippen LogP contribution in [0.3, 0.4) is 0 Å². The van der Waals surface area contributed by atoms with Crippen LogP contribution in [0.4, 0.5) is 0 Å². The molecule has 3 heteroatoms. The highest BCUT2D eigenvalue weighted by molar-refractivity contribution is 5.75. The zero-order valence-electron chi connectivity index (χ0n) is 14.5. The van der Waals surface area contributed by atoms with E-state index in [2.05, 4.69) is 6.92 Å². The minimum absolute atomic E-state index is 0.156. The number of rotatable bonds is 6. The Morgan fingerprint density at radius 1 is 0.840 bits per heavy atom. The van der Waals surface area contributed by atoms with Gasteiger partial charge in [-0.25, -0.2) is 0 Å². The average molecular weight is 334 g/mol. The fraction of sp³-hybridized carbons (Fsp3) is 0.182. The topological polar surface area (TPSA) is 38.7 Å². The van der Waals surface area contributed by atoms with Crippen LogP contribution < -0.4 is 9.47 Å². The van der Waals surface area contributed by atoms with Crippen molar-refractivity contribution in [3.8, 4) is 34.1 Å². The van der Waals surface area contributed by atoms with Gasteiger partial charge in [0.05, 0.1) is 6.10 Å². The first kappa shape index (κ1) is 16.9. The predicted octanol–water partition coefficient (Wildman–Crippen LogP) is 6.03. The highest BCUT2D eigenvalue weighted by Crippen LogP contribution is 2.38. The summed E-state index contributed by atoms with van der Waals surface area (Å²) in [4.78, 5) is 0. The van der Waals surface area contributed by atoms with Crippen LogP contribution in [0.1, 0.15) is 20.3 Å². The molecule has 0 saturated carbocycles. The fourth-order valence-corrected chi connectivity index (χ4v) is 2.53. The van der Waals surface area contributed by atoms with Crippen molar-refractivity contribution < 1.29 is 14.6 Å². The Bertz CT molecular complexity index is 842. The van der Waals surface area contributed by atoms with Crippen molar-refractivity contribution in [2.24, 2.45) is 0 Å². The van der Waals surface area contributed by atoms with E-state index in [1.54, 1.807) is 12.1 Å². The molecule has 128 valence electrons. The molecule has 0 saturated heterocycles. The van der Waals surface area contributed by atoms with Gasteiger partial charge in [-0.3, -0.25) is 0 Å².